The number of aromatic amines is 1. The van der Waals surface area contributed by atoms with Crippen LogP contribution in [-0.2, 0) is 0 Å². The lowest BCUT2D eigenvalue weighted by Gasteiger charge is -2.08. The second-order valence-electron chi connectivity index (χ2n) is 5.75. The number of aromatic nitrogens is 2. The van der Waals surface area contributed by atoms with Gasteiger partial charge in [0.05, 0.1) is 23.9 Å². The highest BCUT2D eigenvalue weighted by atomic mass is 16.5. The Bertz CT molecular complexity index is 774. The minimum atomic E-state index is 0.502. The summed E-state index contributed by atoms with van der Waals surface area (Å²) in [4.78, 5) is 7.57. The van der Waals surface area contributed by atoms with E-state index in [0.29, 0.717) is 18.5 Å². The summed E-state index contributed by atoms with van der Waals surface area (Å²) in [5, 5.41) is 4.22. The summed E-state index contributed by atoms with van der Waals surface area (Å²) in [5.74, 6) is 1.98. The van der Waals surface area contributed by atoms with Crippen LogP contribution in [0.2, 0.25) is 0 Å². The SMILES string of the molecule is CC(C)COc1cccc(/C=N\Nc2nc3ccccc3[nH]2)c1. The number of anilines is 1. The molecule has 5 nitrogen and oxygen atoms in total. The van der Waals surface area contributed by atoms with Gasteiger partial charge in [0.15, 0.2) is 0 Å². The maximum absolute atomic E-state index is 5.71. The first-order chi connectivity index (χ1) is 11.2. The lowest BCUT2D eigenvalue weighted by molar-refractivity contribution is 0.271. The van der Waals surface area contributed by atoms with Gasteiger partial charge >= 0.3 is 0 Å². The fourth-order valence-electron chi connectivity index (χ4n) is 2.12. The molecular weight excluding hydrogens is 288 g/mol. The summed E-state index contributed by atoms with van der Waals surface area (Å²) in [7, 11) is 0. The van der Waals surface area contributed by atoms with Gasteiger partial charge in [0, 0.05) is 0 Å². The molecule has 0 saturated carbocycles. The third-order valence-electron chi connectivity index (χ3n) is 3.21. The first-order valence-corrected chi connectivity index (χ1v) is 7.67. The lowest BCUT2D eigenvalue weighted by atomic mass is 10.2. The van der Waals surface area contributed by atoms with E-state index in [1.807, 2.05) is 48.5 Å². The predicted octanol–water partition coefficient (Wildman–Crippen LogP) is 4.04. The lowest BCUT2D eigenvalue weighted by Crippen LogP contribution is -2.04. The van der Waals surface area contributed by atoms with E-state index in [-0.39, 0.29) is 0 Å². The van der Waals surface area contributed by atoms with E-state index in [9.17, 15) is 0 Å². The average Bonchev–Trinajstić information content (AvgIpc) is 2.96. The van der Waals surface area contributed by atoms with Crippen LogP contribution in [0.5, 0.6) is 5.75 Å². The number of rotatable bonds is 6. The maximum atomic E-state index is 5.71. The summed E-state index contributed by atoms with van der Waals surface area (Å²) in [5.41, 5.74) is 5.77. The molecule has 0 radical (unpaired) electrons. The van der Waals surface area contributed by atoms with Gasteiger partial charge in [0.1, 0.15) is 5.75 Å². The van der Waals surface area contributed by atoms with Crippen molar-refractivity contribution in [1.29, 1.82) is 0 Å². The van der Waals surface area contributed by atoms with Crippen molar-refractivity contribution in [2.24, 2.45) is 11.0 Å². The van der Waals surface area contributed by atoms with Crippen LogP contribution in [0.1, 0.15) is 19.4 Å². The quantitative estimate of drug-likeness (QED) is 0.533. The summed E-state index contributed by atoms with van der Waals surface area (Å²) in [6.45, 7) is 4.96. The number of fused-ring (bicyclic) bond motifs is 1. The van der Waals surface area contributed by atoms with Crippen LogP contribution in [0.25, 0.3) is 11.0 Å². The van der Waals surface area contributed by atoms with Gasteiger partial charge in [-0.05, 0) is 35.7 Å². The van der Waals surface area contributed by atoms with Crippen LogP contribution in [0.4, 0.5) is 5.95 Å². The topological polar surface area (TPSA) is 62.3 Å². The third kappa shape index (κ3) is 4.10. The molecule has 1 aromatic heterocycles. The van der Waals surface area contributed by atoms with Crippen molar-refractivity contribution in [3.63, 3.8) is 0 Å². The molecule has 0 fully saturated rings. The molecule has 0 atom stereocenters. The summed E-state index contributed by atoms with van der Waals surface area (Å²) in [6.07, 6.45) is 1.75. The minimum absolute atomic E-state index is 0.502. The Balaban J connectivity index is 1.64. The highest BCUT2D eigenvalue weighted by Gasteiger charge is 2.00. The minimum Gasteiger partial charge on any atom is -0.493 e. The monoisotopic (exact) mass is 308 g/mol. The van der Waals surface area contributed by atoms with Gasteiger partial charge in [-0.15, -0.1) is 0 Å². The van der Waals surface area contributed by atoms with Crippen LogP contribution < -0.4 is 10.2 Å². The summed E-state index contributed by atoms with van der Waals surface area (Å²) in [6, 6.07) is 15.7. The molecule has 0 spiro atoms. The van der Waals surface area contributed by atoms with Gasteiger partial charge in [-0.3, -0.25) is 0 Å². The van der Waals surface area contributed by atoms with Crippen molar-refractivity contribution in [2.75, 3.05) is 12.0 Å². The van der Waals surface area contributed by atoms with E-state index in [1.54, 1.807) is 6.21 Å². The molecule has 0 aliphatic rings. The summed E-state index contributed by atoms with van der Waals surface area (Å²) >= 11 is 0. The van der Waals surface area contributed by atoms with Crippen molar-refractivity contribution in [3.8, 4) is 5.75 Å². The van der Waals surface area contributed by atoms with Gasteiger partial charge in [0.25, 0.3) is 0 Å². The van der Waals surface area contributed by atoms with E-state index >= 15 is 0 Å². The number of benzene rings is 2. The van der Waals surface area contributed by atoms with E-state index in [1.165, 1.54) is 0 Å². The number of hydrogen-bond donors (Lipinski definition) is 2. The molecule has 3 rings (SSSR count). The van der Waals surface area contributed by atoms with E-state index < -0.39 is 0 Å². The molecule has 0 aliphatic heterocycles. The molecule has 0 unspecified atom stereocenters. The maximum Gasteiger partial charge on any atom is 0.222 e. The Morgan fingerprint density at radius 2 is 2.09 bits per heavy atom. The highest BCUT2D eigenvalue weighted by Crippen LogP contribution is 2.14. The largest absolute Gasteiger partial charge is 0.493 e. The molecule has 1 heterocycles. The number of imidazole rings is 1. The Morgan fingerprint density at radius 3 is 2.91 bits per heavy atom. The number of para-hydroxylation sites is 2. The van der Waals surface area contributed by atoms with Crippen LogP contribution in [-0.4, -0.2) is 22.8 Å². The smallest absolute Gasteiger partial charge is 0.222 e. The van der Waals surface area contributed by atoms with Crippen molar-refractivity contribution in [1.82, 2.24) is 9.97 Å². The number of nitrogens with zero attached hydrogens (tertiary/aromatic N) is 2. The second-order valence-corrected chi connectivity index (χ2v) is 5.75. The van der Waals surface area contributed by atoms with Gasteiger partial charge in [-0.2, -0.15) is 5.10 Å². The number of ether oxygens (including phenoxy) is 1. The standard InChI is InChI=1S/C18H20N4O/c1-13(2)12-23-15-7-5-6-14(10-15)11-19-22-18-20-16-8-3-4-9-17(16)21-18/h3-11,13H,12H2,1-2H3,(H2,20,21,22)/b19-11-. The van der Waals surface area contributed by atoms with E-state index in [0.717, 1.165) is 22.3 Å². The molecule has 5 heteroatoms. The molecule has 2 aromatic carbocycles. The normalized spacial score (nSPS) is 11.4. The Morgan fingerprint density at radius 1 is 1.22 bits per heavy atom. The number of nitrogens with one attached hydrogen (secondary N) is 2. The summed E-state index contributed by atoms with van der Waals surface area (Å²) < 4.78 is 5.71. The first-order valence-electron chi connectivity index (χ1n) is 7.67. The number of H-pyrrole nitrogens is 1. The fraction of sp³-hybridized carbons (Fsp3) is 0.222. The highest BCUT2D eigenvalue weighted by molar-refractivity contribution is 5.81. The molecule has 118 valence electrons. The third-order valence-corrected chi connectivity index (χ3v) is 3.21. The molecule has 3 aromatic rings. The van der Waals surface area contributed by atoms with E-state index in [4.69, 9.17) is 4.74 Å². The Labute approximate surface area is 135 Å². The van der Waals surface area contributed by atoms with Gasteiger partial charge in [-0.25, -0.2) is 10.4 Å². The zero-order valence-electron chi connectivity index (χ0n) is 13.3. The Kier molecular flexibility index (Phi) is 4.57. The molecule has 23 heavy (non-hydrogen) atoms. The van der Waals surface area contributed by atoms with Crippen molar-refractivity contribution in [3.05, 3.63) is 54.1 Å². The molecule has 0 amide bonds. The number of hydrogen-bond acceptors (Lipinski definition) is 4. The van der Waals surface area contributed by atoms with Crippen LogP contribution in [0.15, 0.2) is 53.6 Å². The zero-order valence-corrected chi connectivity index (χ0v) is 13.3. The zero-order chi connectivity index (χ0) is 16.1. The van der Waals surface area contributed by atoms with Crippen molar-refractivity contribution < 1.29 is 4.74 Å². The van der Waals surface area contributed by atoms with Crippen LogP contribution >= 0.6 is 0 Å². The first kappa shape index (κ1) is 15.1. The number of hydrazone groups is 1. The van der Waals surface area contributed by atoms with E-state index in [2.05, 4.69) is 34.3 Å². The Hall–Kier alpha value is -2.82. The van der Waals surface area contributed by atoms with Crippen LogP contribution in [0.3, 0.4) is 0 Å². The molecule has 2 N–H and O–H groups in total. The van der Waals surface area contributed by atoms with Crippen molar-refractivity contribution >= 4 is 23.2 Å². The molecule has 0 bridgehead atoms. The molecule has 0 saturated heterocycles. The second kappa shape index (κ2) is 6.96. The fourth-order valence-corrected chi connectivity index (χ4v) is 2.12. The average molecular weight is 308 g/mol. The van der Waals surface area contributed by atoms with Gasteiger partial charge in [0.2, 0.25) is 5.95 Å². The van der Waals surface area contributed by atoms with Crippen molar-refractivity contribution in [2.45, 2.75) is 13.8 Å². The van der Waals surface area contributed by atoms with Gasteiger partial charge in [-0.1, -0.05) is 38.1 Å². The predicted molar refractivity (Wildman–Crippen MR) is 94.1 cm³/mol. The molecular formula is C18H20N4O. The molecule has 0 aliphatic carbocycles. The van der Waals surface area contributed by atoms with Gasteiger partial charge < -0.3 is 9.72 Å². The van der Waals surface area contributed by atoms with Crippen LogP contribution in [0, 0.1) is 5.92 Å².